The first-order valence-corrected chi connectivity index (χ1v) is 11.4. The van der Waals surface area contributed by atoms with Crippen LogP contribution in [0.5, 0.6) is 5.75 Å². The Balaban J connectivity index is 1.39. The molecule has 1 aliphatic rings. The molecule has 0 spiro atoms. The topological polar surface area (TPSA) is 27.7 Å². The highest BCUT2D eigenvalue weighted by atomic mass is 32.2. The standard InChI is InChI=1S/C25H27O3S/c1-3-9-22(10-4-1)29(23-11-5-2-6-12-23)24-16-14-21(15-17-24)26-19-20-28-25-13-7-8-18-27-25/h1-6,9-12,14-17,25H,7-8,13,18-20H2/q+1. The zero-order valence-corrected chi connectivity index (χ0v) is 17.4. The third kappa shape index (κ3) is 5.63. The molecule has 1 unspecified atom stereocenters. The Morgan fingerprint density at radius 2 is 1.34 bits per heavy atom. The molecular weight excluding hydrogens is 380 g/mol. The van der Waals surface area contributed by atoms with Crippen molar-refractivity contribution < 1.29 is 14.2 Å². The molecule has 3 aromatic rings. The second kappa shape index (κ2) is 10.5. The largest absolute Gasteiger partial charge is 0.491 e. The average Bonchev–Trinajstić information content (AvgIpc) is 2.80. The van der Waals surface area contributed by atoms with E-state index >= 15 is 0 Å². The monoisotopic (exact) mass is 407 g/mol. The van der Waals surface area contributed by atoms with Crippen molar-refractivity contribution in [1.29, 1.82) is 0 Å². The van der Waals surface area contributed by atoms with E-state index in [-0.39, 0.29) is 17.2 Å². The quantitative estimate of drug-likeness (QED) is 0.354. The fraction of sp³-hybridized carbons (Fsp3) is 0.280. The molecule has 3 nitrogen and oxygen atoms in total. The van der Waals surface area contributed by atoms with Crippen LogP contribution in [-0.2, 0) is 20.4 Å². The molecule has 3 aromatic carbocycles. The van der Waals surface area contributed by atoms with Crippen molar-refractivity contribution in [2.45, 2.75) is 40.2 Å². The Labute approximate surface area is 176 Å². The third-order valence-electron chi connectivity index (χ3n) is 4.81. The van der Waals surface area contributed by atoms with E-state index < -0.39 is 0 Å². The lowest BCUT2D eigenvalue weighted by Crippen LogP contribution is -2.24. The van der Waals surface area contributed by atoms with E-state index in [1.165, 1.54) is 21.1 Å². The van der Waals surface area contributed by atoms with E-state index in [2.05, 4.69) is 84.9 Å². The maximum absolute atomic E-state index is 5.87. The molecule has 0 bridgehead atoms. The SMILES string of the molecule is c1ccc([S+](c2ccccc2)c2ccc(OCCOC3CCCCO3)cc2)cc1. The summed E-state index contributed by atoms with van der Waals surface area (Å²) in [5.74, 6) is 0.867. The fourth-order valence-electron chi connectivity index (χ4n) is 3.38. The van der Waals surface area contributed by atoms with Gasteiger partial charge in [0.2, 0.25) is 0 Å². The molecule has 4 heteroatoms. The summed E-state index contributed by atoms with van der Waals surface area (Å²) >= 11 is 0. The summed E-state index contributed by atoms with van der Waals surface area (Å²) in [7, 11) is -0.130. The van der Waals surface area contributed by atoms with Crippen LogP contribution in [0.2, 0.25) is 0 Å². The molecule has 0 radical (unpaired) electrons. The van der Waals surface area contributed by atoms with Crippen molar-refractivity contribution in [2.75, 3.05) is 19.8 Å². The van der Waals surface area contributed by atoms with Gasteiger partial charge in [-0.3, -0.25) is 0 Å². The highest BCUT2D eigenvalue weighted by Gasteiger charge is 2.28. The zero-order chi connectivity index (χ0) is 19.7. The van der Waals surface area contributed by atoms with E-state index in [9.17, 15) is 0 Å². The molecule has 150 valence electrons. The third-order valence-corrected chi connectivity index (χ3v) is 7.04. The van der Waals surface area contributed by atoms with Crippen LogP contribution in [0.3, 0.4) is 0 Å². The van der Waals surface area contributed by atoms with E-state index in [0.29, 0.717) is 13.2 Å². The smallest absolute Gasteiger partial charge is 0.166 e. The highest BCUT2D eigenvalue weighted by Crippen LogP contribution is 2.31. The van der Waals surface area contributed by atoms with Crippen molar-refractivity contribution in [3.63, 3.8) is 0 Å². The second-order valence-corrected chi connectivity index (χ2v) is 8.95. The van der Waals surface area contributed by atoms with Crippen molar-refractivity contribution >= 4 is 10.9 Å². The molecule has 0 aromatic heterocycles. The molecule has 4 rings (SSSR count). The van der Waals surface area contributed by atoms with E-state index in [1.807, 2.05) is 0 Å². The Morgan fingerprint density at radius 1 is 0.724 bits per heavy atom. The minimum atomic E-state index is -0.130. The molecule has 0 N–H and O–H groups in total. The first kappa shape index (κ1) is 20.0. The fourth-order valence-corrected chi connectivity index (χ4v) is 5.46. The van der Waals surface area contributed by atoms with Crippen molar-refractivity contribution in [3.8, 4) is 5.75 Å². The number of ether oxygens (including phenoxy) is 3. The number of benzene rings is 3. The maximum Gasteiger partial charge on any atom is 0.166 e. The summed E-state index contributed by atoms with van der Waals surface area (Å²) < 4.78 is 17.2. The minimum Gasteiger partial charge on any atom is -0.491 e. The van der Waals surface area contributed by atoms with Crippen LogP contribution in [-0.4, -0.2) is 26.1 Å². The zero-order valence-electron chi connectivity index (χ0n) is 16.5. The lowest BCUT2D eigenvalue weighted by atomic mass is 10.2. The van der Waals surface area contributed by atoms with Gasteiger partial charge in [-0.05, 0) is 67.8 Å². The van der Waals surface area contributed by atoms with Gasteiger partial charge in [0.05, 0.1) is 17.5 Å². The van der Waals surface area contributed by atoms with E-state index in [0.717, 1.165) is 25.2 Å². The van der Waals surface area contributed by atoms with Crippen LogP contribution >= 0.6 is 0 Å². The molecule has 1 saturated heterocycles. The Kier molecular flexibility index (Phi) is 7.24. The molecule has 1 atom stereocenters. The summed E-state index contributed by atoms with van der Waals surface area (Å²) in [6.07, 6.45) is 3.23. The summed E-state index contributed by atoms with van der Waals surface area (Å²) in [5.41, 5.74) is 0. The molecule has 0 aliphatic carbocycles. The molecule has 1 fully saturated rings. The summed E-state index contributed by atoms with van der Waals surface area (Å²) in [6, 6.07) is 29.8. The van der Waals surface area contributed by atoms with Gasteiger partial charge in [-0.1, -0.05) is 36.4 Å². The van der Waals surface area contributed by atoms with Gasteiger partial charge in [-0.2, -0.15) is 0 Å². The van der Waals surface area contributed by atoms with Crippen LogP contribution in [0.25, 0.3) is 0 Å². The molecule has 29 heavy (non-hydrogen) atoms. The van der Waals surface area contributed by atoms with Crippen molar-refractivity contribution in [3.05, 3.63) is 84.9 Å². The van der Waals surface area contributed by atoms with Gasteiger partial charge in [0.1, 0.15) is 12.4 Å². The highest BCUT2D eigenvalue weighted by molar-refractivity contribution is 7.97. The van der Waals surface area contributed by atoms with Crippen LogP contribution in [0.15, 0.2) is 99.6 Å². The summed E-state index contributed by atoms with van der Waals surface area (Å²) in [4.78, 5) is 3.91. The van der Waals surface area contributed by atoms with Crippen LogP contribution in [0.4, 0.5) is 0 Å². The van der Waals surface area contributed by atoms with E-state index in [1.54, 1.807) is 0 Å². The second-order valence-electron chi connectivity index (χ2n) is 6.92. The first-order chi connectivity index (χ1) is 14.4. The summed E-state index contributed by atoms with van der Waals surface area (Å²) in [5, 5.41) is 0. The summed E-state index contributed by atoms with van der Waals surface area (Å²) in [6.45, 7) is 1.88. The predicted octanol–water partition coefficient (Wildman–Crippen LogP) is 5.70. The average molecular weight is 408 g/mol. The van der Waals surface area contributed by atoms with Gasteiger partial charge in [-0.25, -0.2) is 0 Å². The van der Waals surface area contributed by atoms with Gasteiger partial charge in [0.25, 0.3) is 0 Å². The maximum atomic E-state index is 5.87. The molecule has 0 amide bonds. The number of hydrogen-bond donors (Lipinski definition) is 0. The minimum absolute atomic E-state index is 0.0616. The van der Waals surface area contributed by atoms with Crippen molar-refractivity contribution in [2.24, 2.45) is 0 Å². The Bertz CT molecular complexity index is 807. The number of rotatable bonds is 8. The molecule has 1 aliphatic heterocycles. The van der Waals surface area contributed by atoms with Crippen LogP contribution < -0.4 is 4.74 Å². The molecule has 1 heterocycles. The van der Waals surface area contributed by atoms with Gasteiger partial charge in [0.15, 0.2) is 21.0 Å². The van der Waals surface area contributed by atoms with Crippen molar-refractivity contribution in [1.82, 2.24) is 0 Å². The lowest BCUT2D eigenvalue weighted by molar-refractivity contribution is -0.165. The molecular formula is C25H27O3S+. The van der Waals surface area contributed by atoms with Crippen LogP contribution in [0, 0.1) is 0 Å². The normalized spacial score (nSPS) is 16.7. The first-order valence-electron chi connectivity index (χ1n) is 10.2. The van der Waals surface area contributed by atoms with Gasteiger partial charge < -0.3 is 14.2 Å². The van der Waals surface area contributed by atoms with E-state index in [4.69, 9.17) is 14.2 Å². The Morgan fingerprint density at radius 3 is 1.93 bits per heavy atom. The number of hydrogen-bond acceptors (Lipinski definition) is 3. The molecule has 0 saturated carbocycles. The van der Waals surface area contributed by atoms with Gasteiger partial charge in [-0.15, -0.1) is 0 Å². The predicted molar refractivity (Wildman–Crippen MR) is 117 cm³/mol. The van der Waals surface area contributed by atoms with Gasteiger partial charge >= 0.3 is 0 Å². The Hall–Kier alpha value is -2.27. The van der Waals surface area contributed by atoms with Crippen LogP contribution in [0.1, 0.15) is 19.3 Å². The lowest BCUT2D eigenvalue weighted by Gasteiger charge is -2.22. The van der Waals surface area contributed by atoms with Gasteiger partial charge in [0, 0.05) is 6.61 Å².